The van der Waals surface area contributed by atoms with E-state index in [0.717, 1.165) is 31.4 Å². The molecule has 1 aliphatic carbocycles. The molecule has 2 heteroatoms. The summed E-state index contributed by atoms with van der Waals surface area (Å²) in [4.78, 5) is 0. The van der Waals surface area contributed by atoms with Gasteiger partial charge in [-0.3, -0.25) is 0 Å². The molecule has 0 spiro atoms. The van der Waals surface area contributed by atoms with Gasteiger partial charge in [0.25, 0.3) is 0 Å². The van der Waals surface area contributed by atoms with Crippen molar-refractivity contribution in [1.82, 2.24) is 5.32 Å². The maximum atomic E-state index is 10.9. The predicted molar refractivity (Wildman–Crippen MR) is 66.2 cm³/mol. The Labute approximate surface area is 97.7 Å². The molecule has 2 N–H and O–H groups in total. The second-order valence-corrected chi connectivity index (χ2v) is 4.79. The quantitative estimate of drug-likeness (QED) is 0.817. The Bertz CT molecular complexity index is 323. The van der Waals surface area contributed by atoms with Crippen LogP contribution in [0.15, 0.2) is 30.3 Å². The highest BCUT2D eigenvalue weighted by atomic mass is 16.3. The third-order valence-corrected chi connectivity index (χ3v) is 3.76. The topological polar surface area (TPSA) is 32.3 Å². The van der Waals surface area contributed by atoms with Gasteiger partial charge in [-0.25, -0.2) is 0 Å². The first kappa shape index (κ1) is 11.6. The van der Waals surface area contributed by atoms with E-state index in [1.807, 2.05) is 37.4 Å². The zero-order valence-corrected chi connectivity index (χ0v) is 9.95. The highest BCUT2D eigenvalue weighted by Gasteiger charge is 2.39. The Kier molecular flexibility index (Phi) is 3.62. The lowest BCUT2D eigenvalue weighted by Gasteiger charge is -2.40. The monoisotopic (exact) mass is 219 g/mol. The van der Waals surface area contributed by atoms with Crippen LogP contribution in [0, 0.1) is 5.92 Å². The summed E-state index contributed by atoms with van der Waals surface area (Å²) < 4.78 is 0. The lowest BCUT2D eigenvalue weighted by Crippen LogP contribution is -2.42. The number of hydrogen-bond acceptors (Lipinski definition) is 2. The van der Waals surface area contributed by atoms with E-state index in [4.69, 9.17) is 0 Å². The smallest absolute Gasteiger partial charge is 0.0936 e. The Hall–Kier alpha value is -0.860. The third-order valence-electron chi connectivity index (χ3n) is 3.76. The van der Waals surface area contributed by atoms with Gasteiger partial charge in [-0.1, -0.05) is 43.2 Å². The van der Waals surface area contributed by atoms with Gasteiger partial charge in [0.05, 0.1) is 5.60 Å². The van der Waals surface area contributed by atoms with Crippen LogP contribution in [-0.4, -0.2) is 18.7 Å². The minimum atomic E-state index is -0.622. The summed E-state index contributed by atoms with van der Waals surface area (Å²) in [5.41, 5.74) is 0.456. The van der Waals surface area contributed by atoms with E-state index in [-0.39, 0.29) is 0 Å². The van der Waals surface area contributed by atoms with Crippen LogP contribution in [0.1, 0.15) is 31.2 Å². The van der Waals surface area contributed by atoms with Crippen molar-refractivity contribution in [3.8, 4) is 0 Å². The predicted octanol–water partition coefficient (Wildman–Crippen LogP) is 2.28. The normalized spacial score (nSPS) is 30.2. The number of hydrogen-bond donors (Lipinski definition) is 2. The molecular weight excluding hydrogens is 198 g/mol. The molecule has 1 aromatic rings. The minimum absolute atomic E-state index is 0.341. The molecule has 16 heavy (non-hydrogen) atoms. The molecule has 2 atom stereocenters. The SMILES string of the molecule is CNCC1CCCCC1(O)c1ccccc1. The standard InChI is InChI=1S/C14H21NO/c1-15-11-13-9-5-6-10-14(13,16)12-7-3-2-4-8-12/h2-4,7-8,13,15-16H,5-6,9-11H2,1H3. The summed E-state index contributed by atoms with van der Waals surface area (Å²) in [5, 5.41) is 14.1. The Morgan fingerprint density at radius 2 is 2.06 bits per heavy atom. The Balaban J connectivity index is 2.26. The molecule has 1 aliphatic rings. The van der Waals surface area contributed by atoms with Crippen LogP contribution < -0.4 is 5.32 Å². The van der Waals surface area contributed by atoms with Crippen LogP contribution in [0.25, 0.3) is 0 Å². The molecule has 1 fully saturated rings. The number of rotatable bonds is 3. The third kappa shape index (κ3) is 2.13. The van der Waals surface area contributed by atoms with E-state index >= 15 is 0 Å². The minimum Gasteiger partial charge on any atom is -0.385 e. The van der Waals surface area contributed by atoms with Crippen LogP contribution in [0.5, 0.6) is 0 Å². The molecule has 0 aliphatic heterocycles. The summed E-state index contributed by atoms with van der Waals surface area (Å²) >= 11 is 0. The van der Waals surface area contributed by atoms with Crippen molar-refractivity contribution in [2.75, 3.05) is 13.6 Å². The fourth-order valence-corrected chi connectivity index (χ4v) is 2.85. The van der Waals surface area contributed by atoms with Crippen LogP contribution in [0.4, 0.5) is 0 Å². The van der Waals surface area contributed by atoms with E-state index in [9.17, 15) is 5.11 Å². The molecular formula is C14H21NO. The van der Waals surface area contributed by atoms with Crippen molar-refractivity contribution in [3.63, 3.8) is 0 Å². The average Bonchev–Trinajstić information content (AvgIpc) is 2.34. The lowest BCUT2D eigenvalue weighted by molar-refractivity contribution is -0.0530. The van der Waals surface area contributed by atoms with Gasteiger partial charge >= 0.3 is 0 Å². The van der Waals surface area contributed by atoms with Gasteiger partial charge in [-0.2, -0.15) is 0 Å². The van der Waals surface area contributed by atoms with Crippen molar-refractivity contribution in [3.05, 3.63) is 35.9 Å². The van der Waals surface area contributed by atoms with E-state index in [2.05, 4.69) is 5.32 Å². The van der Waals surface area contributed by atoms with Gasteiger partial charge in [-0.15, -0.1) is 0 Å². The fraction of sp³-hybridized carbons (Fsp3) is 0.571. The van der Waals surface area contributed by atoms with Crippen molar-refractivity contribution >= 4 is 0 Å². The highest BCUT2D eigenvalue weighted by molar-refractivity contribution is 5.24. The first-order chi connectivity index (χ1) is 7.77. The van der Waals surface area contributed by atoms with E-state index in [0.29, 0.717) is 5.92 Å². The molecule has 2 unspecified atom stereocenters. The van der Waals surface area contributed by atoms with Crippen molar-refractivity contribution in [1.29, 1.82) is 0 Å². The number of benzene rings is 1. The summed E-state index contributed by atoms with van der Waals surface area (Å²) in [6.07, 6.45) is 4.38. The Morgan fingerprint density at radius 1 is 1.31 bits per heavy atom. The van der Waals surface area contributed by atoms with E-state index < -0.39 is 5.60 Å². The average molecular weight is 219 g/mol. The van der Waals surface area contributed by atoms with E-state index in [1.54, 1.807) is 0 Å². The largest absolute Gasteiger partial charge is 0.385 e. The van der Waals surface area contributed by atoms with Gasteiger partial charge in [-0.05, 0) is 25.5 Å². The van der Waals surface area contributed by atoms with Crippen LogP contribution in [0.2, 0.25) is 0 Å². The zero-order valence-electron chi connectivity index (χ0n) is 9.95. The molecule has 88 valence electrons. The Morgan fingerprint density at radius 3 is 2.75 bits per heavy atom. The van der Waals surface area contributed by atoms with Gasteiger partial charge in [0, 0.05) is 12.5 Å². The molecule has 0 saturated heterocycles. The second kappa shape index (κ2) is 4.98. The van der Waals surface area contributed by atoms with Crippen molar-refractivity contribution in [2.24, 2.45) is 5.92 Å². The number of aliphatic hydroxyl groups is 1. The molecule has 0 radical (unpaired) electrons. The summed E-state index contributed by atoms with van der Waals surface area (Å²) in [6.45, 7) is 0.894. The van der Waals surface area contributed by atoms with Gasteiger partial charge < -0.3 is 10.4 Å². The van der Waals surface area contributed by atoms with Gasteiger partial charge in [0.2, 0.25) is 0 Å². The van der Waals surface area contributed by atoms with Crippen molar-refractivity contribution in [2.45, 2.75) is 31.3 Å². The van der Waals surface area contributed by atoms with E-state index in [1.165, 1.54) is 6.42 Å². The molecule has 1 aromatic carbocycles. The molecule has 0 amide bonds. The van der Waals surface area contributed by atoms with Crippen LogP contribution >= 0.6 is 0 Å². The lowest BCUT2D eigenvalue weighted by atomic mass is 9.71. The molecule has 0 aromatic heterocycles. The first-order valence-corrected chi connectivity index (χ1v) is 6.20. The zero-order chi connectivity index (χ0) is 11.4. The fourth-order valence-electron chi connectivity index (χ4n) is 2.85. The van der Waals surface area contributed by atoms with Crippen LogP contribution in [-0.2, 0) is 5.60 Å². The highest BCUT2D eigenvalue weighted by Crippen LogP contribution is 2.41. The molecule has 1 saturated carbocycles. The van der Waals surface area contributed by atoms with Crippen molar-refractivity contribution < 1.29 is 5.11 Å². The van der Waals surface area contributed by atoms with Gasteiger partial charge in [0.1, 0.15) is 0 Å². The maximum absolute atomic E-state index is 10.9. The molecule has 2 nitrogen and oxygen atoms in total. The molecule has 0 bridgehead atoms. The first-order valence-electron chi connectivity index (χ1n) is 6.20. The van der Waals surface area contributed by atoms with Crippen LogP contribution in [0.3, 0.4) is 0 Å². The summed E-state index contributed by atoms with van der Waals surface area (Å²) in [7, 11) is 1.96. The van der Waals surface area contributed by atoms with Gasteiger partial charge in [0.15, 0.2) is 0 Å². The number of nitrogens with one attached hydrogen (secondary N) is 1. The summed E-state index contributed by atoms with van der Waals surface area (Å²) in [5.74, 6) is 0.341. The summed E-state index contributed by atoms with van der Waals surface area (Å²) in [6, 6.07) is 10.1. The maximum Gasteiger partial charge on any atom is 0.0936 e. The second-order valence-electron chi connectivity index (χ2n) is 4.79. The molecule has 0 heterocycles. The molecule has 2 rings (SSSR count).